The zero-order chi connectivity index (χ0) is 20.2. The highest BCUT2D eigenvalue weighted by atomic mass is 16.3. The second-order valence-corrected chi connectivity index (χ2v) is 9.01. The number of aromatic nitrogens is 2. The third kappa shape index (κ3) is 3.07. The molecule has 0 radical (unpaired) electrons. The van der Waals surface area contributed by atoms with Crippen LogP contribution in [0.5, 0.6) is 0 Å². The fourth-order valence-electron chi connectivity index (χ4n) is 4.23. The number of hydrogen-bond donors (Lipinski definition) is 0. The van der Waals surface area contributed by atoms with Crippen molar-refractivity contribution in [3.63, 3.8) is 0 Å². The first-order valence-corrected chi connectivity index (χ1v) is 10.1. The van der Waals surface area contributed by atoms with Crippen molar-refractivity contribution in [1.29, 1.82) is 0 Å². The van der Waals surface area contributed by atoms with Crippen LogP contribution < -0.4 is 0 Å². The molecule has 0 amide bonds. The molecule has 0 bridgehead atoms. The summed E-state index contributed by atoms with van der Waals surface area (Å²) in [4.78, 5) is 9.15. The van der Waals surface area contributed by atoms with Crippen LogP contribution in [0.2, 0.25) is 0 Å². The third-order valence-electron chi connectivity index (χ3n) is 5.42. The van der Waals surface area contributed by atoms with Gasteiger partial charge in [-0.25, -0.2) is 0 Å². The smallest absolute Gasteiger partial charge is 0.145 e. The molecule has 3 nitrogen and oxygen atoms in total. The van der Waals surface area contributed by atoms with E-state index in [0.29, 0.717) is 0 Å². The summed E-state index contributed by atoms with van der Waals surface area (Å²) in [6, 6.07) is 16.9. The zero-order valence-corrected chi connectivity index (χ0v) is 17.3. The number of furan rings is 1. The number of para-hydroxylation sites is 1. The van der Waals surface area contributed by atoms with Gasteiger partial charge in [-0.3, -0.25) is 9.97 Å². The molecule has 29 heavy (non-hydrogen) atoms. The molecule has 0 saturated heterocycles. The molecule has 0 N–H and O–H groups in total. The first kappa shape index (κ1) is 17.9. The summed E-state index contributed by atoms with van der Waals surface area (Å²) in [5.74, 6) is 0. The average molecular weight is 380 g/mol. The van der Waals surface area contributed by atoms with Crippen LogP contribution in [0.15, 0.2) is 65.3 Å². The maximum atomic E-state index is 6.49. The predicted molar refractivity (Wildman–Crippen MR) is 120 cm³/mol. The van der Waals surface area contributed by atoms with E-state index in [9.17, 15) is 0 Å². The Kier molecular flexibility index (Phi) is 3.95. The summed E-state index contributed by atoms with van der Waals surface area (Å²) in [7, 11) is 0. The maximum absolute atomic E-state index is 6.49. The van der Waals surface area contributed by atoms with Gasteiger partial charge < -0.3 is 4.42 Å². The highest BCUT2D eigenvalue weighted by Gasteiger charge is 2.17. The molecule has 144 valence electrons. The maximum Gasteiger partial charge on any atom is 0.145 e. The number of rotatable bonds is 2. The van der Waals surface area contributed by atoms with Gasteiger partial charge in [0.05, 0.1) is 5.69 Å². The summed E-state index contributed by atoms with van der Waals surface area (Å²) in [5, 5.41) is 4.47. The molecular weight excluding hydrogens is 356 g/mol. The molecule has 3 heterocycles. The fourth-order valence-corrected chi connectivity index (χ4v) is 4.23. The van der Waals surface area contributed by atoms with Gasteiger partial charge in [0.15, 0.2) is 0 Å². The first-order valence-electron chi connectivity index (χ1n) is 10.1. The van der Waals surface area contributed by atoms with E-state index >= 15 is 0 Å². The predicted octanol–water partition coefficient (Wildman–Crippen LogP) is 7.09. The van der Waals surface area contributed by atoms with Gasteiger partial charge in [-0.15, -0.1) is 0 Å². The van der Waals surface area contributed by atoms with Crippen molar-refractivity contribution >= 4 is 32.7 Å². The van der Waals surface area contributed by atoms with Gasteiger partial charge in [0.25, 0.3) is 0 Å². The Morgan fingerprint density at radius 2 is 1.66 bits per heavy atom. The molecule has 0 aliphatic rings. The van der Waals surface area contributed by atoms with Crippen LogP contribution >= 0.6 is 0 Å². The van der Waals surface area contributed by atoms with E-state index in [2.05, 4.69) is 73.2 Å². The molecule has 5 rings (SSSR count). The number of nitrogens with zero attached hydrogens (tertiary/aromatic N) is 2. The van der Waals surface area contributed by atoms with Crippen molar-refractivity contribution < 1.29 is 4.42 Å². The molecule has 0 aliphatic carbocycles. The Morgan fingerprint density at radius 1 is 0.862 bits per heavy atom. The normalized spacial score (nSPS) is 12.3. The van der Waals surface area contributed by atoms with Gasteiger partial charge in [-0.05, 0) is 60.0 Å². The Labute approximate surface area is 170 Å². The molecule has 5 aromatic rings. The number of fused-ring (bicyclic) bond motifs is 5. The minimum absolute atomic E-state index is 0.230. The van der Waals surface area contributed by atoms with Crippen LogP contribution in [0.1, 0.15) is 32.0 Å². The molecule has 3 aromatic heterocycles. The summed E-state index contributed by atoms with van der Waals surface area (Å²) in [6.07, 6.45) is 4.76. The summed E-state index contributed by atoms with van der Waals surface area (Å²) in [5.41, 5.74) is 6.29. The number of benzene rings is 2. The van der Waals surface area contributed by atoms with Gasteiger partial charge >= 0.3 is 0 Å². The number of pyridine rings is 2. The van der Waals surface area contributed by atoms with Crippen LogP contribution in [0, 0.1) is 12.3 Å². The molecule has 0 spiro atoms. The number of aryl methyl sites for hydroxylation is 1. The summed E-state index contributed by atoms with van der Waals surface area (Å²) >= 11 is 0. The van der Waals surface area contributed by atoms with Crippen molar-refractivity contribution in [1.82, 2.24) is 9.97 Å². The van der Waals surface area contributed by atoms with Crippen molar-refractivity contribution in [2.75, 3.05) is 0 Å². The monoisotopic (exact) mass is 380 g/mol. The van der Waals surface area contributed by atoms with E-state index in [1.165, 1.54) is 5.56 Å². The van der Waals surface area contributed by atoms with E-state index in [1.807, 2.05) is 25.4 Å². The van der Waals surface area contributed by atoms with Crippen molar-refractivity contribution in [2.45, 2.75) is 34.1 Å². The Hall–Kier alpha value is -3.20. The minimum atomic E-state index is 0.230. The summed E-state index contributed by atoms with van der Waals surface area (Å²) < 4.78 is 6.49. The molecular formula is C26H24N2O. The van der Waals surface area contributed by atoms with Crippen LogP contribution in [0.3, 0.4) is 0 Å². The lowest BCUT2D eigenvalue weighted by Gasteiger charge is -2.18. The molecule has 0 fully saturated rings. The molecule has 0 atom stereocenters. The van der Waals surface area contributed by atoms with Crippen LogP contribution in [0.25, 0.3) is 44.0 Å². The van der Waals surface area contributed by atoms with E-state index in [-0.39, 0.29) is 5.41 Å². The molecule has 0 saturated carbocycles. The van der Waals surface area contributed by atoms with Crippen molar-refractivity contribution in [3.05, 3.63) is 72.2 Å². The van der Waals surface area contributed by atoms with E-state index in [1.54, 1.807) is 0 Å². The van der Waals surface area contributed by atoms with Gasteiger partial charge in [0, 0.05) is 39.8 Å². The van der Waals surface area contributed by atoms with E-state index < -0.39 is 0 Å². The standard InChI is InChI=1S/C26H24N2O/c1-16-23-18(11-13-27-16)8-9-20-19-6-5-7-21(24(19)29-25(20)23)22-14-17(10-12-28-22)15-26(2,3)4/h5-14H,15H2,1-4H3. The molecule has 0 aliphatic heterocycles. The molecule has 3 heteroatoms. The highest BCUT2D eigenvalue weighted by Crippen LogP contribution is 2.39. The lowest BCUT2D eigenvalue weighted by Crippen LogP contribution is -2.09. The largest absolute Gasteiger partial charge is 0.455 e. The lowest BCUT2D eigenvalue weighted by molar-refractivity contribution is 0.411. The second-order valence-electron chi connectivity index (χ2n) is 9.01. The average Bonchev–Trinajstić information content (AvgIpc) is 3.05. The lowest BCUT2D eigenvalue weighted by atomic mass is 9.88. The Bertz CT molecular complexity index is 1370. The van der Waals surface area contributed by atoms with Gasteiger partial charge in [0.1, 0.15) is 11.2 Å². The van der Waals surface area contributed by atoms with Crippen molar-refractivity contribution in [3.8, 4) is 11.3 Å². The van der Waals surface area contributed by atoms with Crippen LogP contribution in [0.4, 0.5) is 0 Å². The fraction of sp³-hybridized carbons (Fsp3) is 0.231. The first-order chi connectivity index (χ1) is 13.9. The van der Waals surface area contributed by atoms with E-state index in [0.717, 1.165) is 56.1 Å². The van der Waals surface area contributed by atoms with Crippen LogP contribution in [-0.2, 0) is 6.42 Å². The highest BCUT2D eigenvalue weighted by molar-refractivity contribution is 6.17. The second kappa shape index (κ2) is 6.41. The molecule has 2 aromatic carbocycles. The quantitative estimate of drug-likeness (QED) is 0.328. The third-order valence-corrected chi connectivity index (χ3v) is 5.42. The molecule has 0 unspecified atom stereocenters. The topological polar surface area (TPSA) is 38.9 Å². The number of hydrogen-bond acceptors (Lipinski definition) is 3. The Balaban J connectivity index is 1.77. The minimum Gasteiger partial charge on any atom is -0.455 e. The van der Waals surface area contributed by atoms with E-state index in [4.69, 9.17) is 4.42 Å². The Morgan fingerprint density at radius 3 is 2.48 bits per heavy atom. The van der Waals surface area contributed by atoms with Gasteiger partial charge in [0.2, 0.25) is 0 Å². The van der Waals surface area contributed by atoms with Gasteiger partial charge in [-0.2, -0.15) is 0 Å². The van der Waals surface area contributed by atoms with Crippen molar-refractivity contribution in [2.24, 2.45) is 5.41 Å². The zero-order valence-electron chi connectivity index (χ0n) is 17.3. The summed E-state index contributed by atoms with van der Waals surface area (Å²) in [6.45, 7) is 8.81. The van der Waals surface area contributed by atoms with Crippen LogP contribution in [-0.4, -0.2) is 9.97 Å². The van der Waals surface area contributed by atoms with Gasteiger partial charge in [-0.1, -0.05) is 39.0 Å². The SMILES string of the molecule is Cc1nccc2ccc3c4cccc(-c5cc(CC(C)(C)C)ccn5)c4oc3c12.